The van der Waals surface area contributed by atoms with Gasteiger partial charge in [0.25, 0.3) is 0 Å². The number of ether oxygens (including phenoxy) is 1. The zero-order valence-electron chi connectivity index (χ0n) is 17.0. The van der Waals surface area contributed by atoms with Crippen LogP contribution in [0.1, 0.15) is 0 Å². The minimum atomic E-state index is -0.511. The number of nitrogens with one attached hydrogen (secondary N) is 1. The standard InChI is InChI=1S/C25H27N3O2/c29-20(18-30-25-10-4-8-23-22(25)11-12-26-23)17-27-13-15-28(16-14-27)24-9-3-6-19-5-1-2-7-21(19)24/h1-12,20,26,29H,13-18H2/t20-/m0/s1. The van der Waals surface area contributed by atoms with Gasteiger partial charge in [0.15, 0.2) is 0 Å². The zero-order valence-corrected chi connectivity index (χ0v) is 17.0. The molecule has 5 rings (SSSR count). The molecule has 5 nitrogen and oxygen atoms in total. The number of anilines is 1. The maximum absolute atomic E-state index is 10.5. The van der Waals surface area contributed by atoms with Crippen LogP contribution in [0.5, 0.6) is 5.75 Å². The highest BCUT2D eigenvalue weighted by Crippen LogP contribution is 2.28. The number of aliphatic hydroxyl groups is 1. The average molecular weight is 402 g/mol. The molecule has 1 saturated heterocycles. The van der Waals surface area contributed by atoms with Gasteiger partial charge in [-0.2, -0.15) is 0 Å². The highest BCUT2D eigenvalue weighted by Gasteiger charge is 2.21. The second kappa shape index (κ2) is 8.38. The molecule has 0 spiro atoms. The number of benzene rings is 3. The number of fused-ring (bicyclic) bond motifs is 2. The Labute approximate surface area is 176 Å². The Balaban J connectivity index is 1.16. The van der Waals surface area contributed by atoms with E-state index in [0.717, 1.165) is 42.8 Å². The third kappa shape index (κ3) is 3.86. The number of aromatic amines is 1. The fraction of sp³-hybridized carbons (Fsp3) is 0.280. The minimum absolute atomic E-state index is 0.299. The van der Waals surface area contributed by atoms with Crippen molar-refractivity contribution in [2.24, 2.45) is 0 Å². The van der Waals surface area contributed by atoms with Gasteiger partial charge in [-0.3, -0.25) is 4.90 Å². The summed E-state index contributed by atoms with van der Waals surface area (Å²) < 4.78 is 5.91. The van der Waals surface area contributed by atoms with Crippen molar-refractivity contribution < 1.29 is 9.84 Å². The molecule has 0 unspecified atom stereocenters. The molecule has 3 aromatic carbocycles. The lowest BCUT2D eigenvalue weighted by Gasteiger charge is -2.37. The van der Waals surface area contributed by atoms with Crippen molar-refractivity contribution in [2.75, 3.05) is 44.2 Å². The lowest BCUT2D eigenvalue weighted by Crippen LogP contribution is -2.49. The van der Waals surface area contributed by atoms with Crippen LogP contribution in [0.2, 0.25) is 0 Å². The van der Waals surface area contributed by atoms with Crippen molar-refractivity contribution in [3.8, 4) is 5.75 Å². The van der Waals surface area contributed by atoms with Gasteiger partial charge in [-0.15, -0.1) is 0 Å². The van der Waals surface area contributed by atoms with Crippen LogP contribution < -0.4 is 9.64 Å². The summed E-state index contributed by atoms with van der Waals surface area (Å²) in [6, 6.07) is 23.0. The van der Waals surface area contributed by atoms with E-state index in [0.29, 0.717) is 13.2 Å². The fourth-order valence-electron chi connectivity index (χ4n) is 4.37. The Morgan fingerprint density at radius 2 is 1.67 bits per heavy atom. The van der Waals surface area contributed by atoms with E-state index in [1.54, 1.807) is 0 Å². The normalized spacial score (nSPS) is 16.2. The maximum Gasteiger partial charge on any atom is 0.128 e. The molecule has 0 aliphatic carbocycles. The number of hydrogen-bond donors (Lipinski definition) is 2. The highest BCUT2D eigenvalue weighted by atomic mass is 16.5. The number of nitrogens with zero attached hydrogens (tertiary/aromatic N) is 2. The number of β-amino-alcohol motifs (C(OH)–C–C–N with tert-alkyl or cyclic N) is 1. The third-order valence-corrected chi connectivity index (χ3v) is 5.93. The van der Waals surface area contributed by atoms with Crippen molar-refractivity contribution in [1.29, 1.82) is 0 Å². The first-order valence-electron chi connectivity index (χ1n) is 10.6. The average Bonchev–Trinajstić information content (AvgIpc) is 3.27. The Hall–Kier alpha value is -3.02. The van der Waals surface area contributed by atoms with Gasteiger partial charge in [0.2, 0.25) is 0 Å². The van der Waals surface area contributed by atoms with Crippen molar-refractivity contribution in [2.45, 2.75) is 6.10 Å². The van der Waals surface area contributed by atoms with Gasteiger partial charge in [0, 0.05) is 60.9 Å². The molecule has 154 valence electrons. The van der Waals surface area contributed by atoms with E-state index in [-0.39, 0.29) is 0 Å². The second-order valence-electron chi connectivity index (χ2n) is 7.95. The van der Waals surface area contributed by atoms with Crippen LogP contribution in [-0.4, -0.2) is 60.4 Å². The van der Waals surface area contributed by atoms with E-state index in [9.17, 15) is 5.11 Å². The van der Waals surface area contributed by atoms with Crippen LogP contribution in [-0.2, 0) is 0 Å². The summed E-state index contributed by atoms with van der Waals surface area (Å²) in [6.07, 6.45) is 1.40. The Morgan fingerprint density at radius 1 is 0.867 bits per heavy atom. The molecule has 0 radical (unpaired) electrons. The molecule has 2 heterocycles. The number of H-pyrrole nitrogens is 1. The molecule has 5 heteroatoms. The number of rotatable bonds is 6. The molecule has 0 bridgehead atoms. The smallest absolute Gasteiger partial charge is 0.128 e. The van der Waals surface area contributed by atoms with Gasteiger partial charge < -0.3 is 19.7 Å². The maximum atomic E-state index is 10.5. The van der Waals surface area contributed by atoms with E-state index in [4.69, 9.17) is 4.74 Å². The molecule has 1 atom stereocenters. The van der Waals surface area contributed by atoms with E-state index < -0.39 is 6.10 Å². The molecule has 0 amide bonds. The van der Waals surface area contributed by atoms with E-state index >= 15 is 0 Å². The van der Waals surface area contributed by atoms with E-state index in [2.05, 4.69) is 57.2 Å². The summed E-state index contributed by atoms with van der Waals surface area (Å²) in [5.74, 6) is 0.813. The van der Waals surface area contributed by atoms with Crippen LogP contribution in [0.25, 0.3) is 21.7 Å². The van der Waals surface area contributed by atoms with Crippen molar-refractivity contribution in [3.63, 3.8) is 0 Å². The van der Waals surface area contributed by atoms with Crippen LogP contribution in [0.4, 0.5) is 5.69 Å². The second-order valence-corrected chi connectivity index (χ2v) is 7.95. The molecule has 1 aliphatic rings. The SMILES string of the molecule is O[C@H](COc1cccc2[nH]ccc12)CN1CCN(c2cccc3ccccc23)CC1. The van der Waals surface area contributed by atoms with Crippen LogP contribution in [0.15, 0.2) is 72.9 Å². The summed E-state index contributed by atoms with van der Waals surface area (Å²) >= 11 is 0. The Kier molecular flexibility index (Phi) is 5.30. The lowest BCUT2D eigenvalue weighted by molar-refractivity contribution is 0.0668. The summed E-state index contributed by atoms with van der Waals surface area (Å²) in [6.45, 7) is 4.73. The summed E-state index contributed by atoms with van der Waals surface area (Å²) in [4.78, 5) is 7.97. The van der Waals surface area contributed by atoms with E-state index in [1.165, 1.54) is 16.5 Å². The lowest BCUT2D eigenvalue weighted by atomic mass is 10.1. The largest absolute Gasteiger partial charge is 0.490 e. The van der Waals surface area contributed by atoms with Gasteiger partial charge in [0.1, 0.15) is 18.5 Å². The van der Waals surface area contributed by atoms with Gasteiger partial charge in [0.05, 0.1) is 0 Å². The van der Waals surface area contributed by atoms with Gasteiger partial charge >= 0.3 is 0 Å². The number of aromatic nitrogens is 1. The predicted molar refractivity (Wildman–Crippen MR) is 122 cm³/mol. The highest BCUT2D eigenvalue weighted by molar-refractivity contribution is 5.94. The van der Waals surface area contributed by atoms with Crippen LogP contribution >= 0.6 is 0 Å². The van der Waals surface area contributed by atoms with Crippen LogP contribution in [0, 0.1) is 0 Å². The minimum Gasteiger partial charge on any atom is -0.490 e. The summed E-state index contributed by atoms with van der Waals surface area (Å²) in [5, 5.41) is 14.2. The molecule has 30 heavy (non-hydrogen) atoms. The van der Waals surface area contributed by atoms with E-state index in [1.807, 2.05) is 30.5 Å². The van der Waals surface area contributed by atoms with Crippen molar-refractivity contribution in [1.82, 2.24) is 9.88 Å². The molecule has 1 aromatic heterocycles. The zero-order chi connectivity index (χ0) is 20.3. The monoisotopic (exact) mass is 401 g/mol. The number of hydrogen-bond acceptors (Lipinski definition) is 4. The molecule has 2 N–H and O–H groups in total. The summed E-state index contributed by atoms with van der Waals surface area (Å²) in [7, 11) is 0. The topological polar surface area (TPSA) is 51.7 Å². The number of piperazine rings is 1. The van der Waals surface area contributed by atoms with Gasteiger partial charge in [-0.25, -0.2) is 0 Å². The van der Waals surface area contributed by atoms with Gasteiger partial charge in [-0.05, 0) is 29.7 Å². The van der Waals surface area contributed by atoms with Crippen molar-refractivity contribution in [3.05, 3.63) is 72.9 Å². The fourth-order valence-corrected chi connectivity index (χ4v) is 4.37. The first-order chi connectivity index (χ1) is 14.8. The molecule has 0 saturated carbocycles. The number of aliphatic hydroxyl groups excluding tert-OH is 1. The van der Waals surface area contributed by atoms with Crippen LogP contribution in [0.3, 0.4) is 0 Å². The molecule has 4 aromatic rings. The molecule has 1 fully saturated rings. The molecular weight excluding hydrogens is 374 g/mol. The van der Waals surface area contributed by atoms with Crippen molar-refractivity contribution >= 4 is 27.4 Å². The quantitative estimate of drug-likeness (QED) is 0.515. The first-order valence-corrected chi connectivity index (χ1v) is 10.6. The Bertz CT molecular complexity index is 1130. The Morgan fingerprint density at radius 3 is 2.57 bits per heavy atom. The van der Waals surface area contributed by atoms with Gasteiger partial charge in [-0.1, -0.05) is 42.5 Å². The third-order valence-electron chi connectivity index (χ3n) is 5.93. The molecule has 1 aliphatic heterocycles. The summed E-state index contributed by atoms with van der Waals surface area (Å²) in [5.41, 5.74) is 2.35. The molecular formula is C25H27N3O2. The first kappa shape index (κ1) is 19.0. The predicted octanol–water partition coefficient (Wildman–Crippen LogP) is 3.88.